The van der Waals surface area contributed by atoms with E-state index in [0.717, 1.165) is 12.8 Å². The fraction of sp³-hybridized carbons (Fsp3) is 0.462. The number of hydrogen-bond acceptors (Lipinski definition) is 4. The van der Waals surface area contributed by atoms with E-state index in [4.69, 9.17) is 0 Å². The zero-order chi connectivity index (χ0) is 13.2. The van der Waals surface area contributed by atoms with E-state index in [2.05, 4.69) is 15.3 Å². The van der Waals surface area contributed by atoms with Gasteiger partial charge in [0.25, 0.3) is 5.69 Å². The summed E-state index contributed by atoms with van der Waals surface area (Å²) in [6.45, 7) is 0. The molecule has 1 fully saturated rings. The molecule has 19 heavy (non-hydrogen) atoms. The number of hydrogen-bond donors (Lipinski definition) is 2. The highest BCUT2D eigenvalue weighted by atomic mass is 16.6. The molecule has 2 aromatic rings. The lowest BCUT2D eigenvalue weighted by Crippen LogP contribution is -2.22. The summed E-state index contributed by atoms with van der Waals surface area (Å²) in [6.07, 6.45) is 6.04. The van der Waals surface area contributed by atoms with Gasteiger partial charge >= 0.3 is 0 Å². The SMILES string of the molecule is O=[N+]([O-])c1cccc2[nH]c(NC3CCCCC3)nc12. The molecule has 3 rings (SSSR count). The molecule has 100 valence electrons. The van der Waals surface area contributed by atoms with Gasteiger partial charge in [-0.3, -0.25) is 10.1 Å². The number of aromatic amines is 1. The molecule has 6 heteroatoms. The summed E-state index contributed by atoms with van der Waals surface area (Å²) >= 11 is 0. The summed E-state index contributed by atoms with van der Waals surface area (Å²) in [5, 5.41) is 14.3. The fourth-order valence-electron chi connectivity index (χ4n) is 2.67. The Balaban J connectivity index is 1.88. The predicted octanol–water partition coefficient (Wildman–Crippen LogP) is 3.22. The Morgan fingerprint density at radius 2 is 2.11 bits per heavy atom. The number of imidazole rings is 1. The molecule has 0 atom stereocenters. The van der Waals surface area contributed by atoms with Crippen molar-refractivity contribution in [2.75, 3.05) is 5.32 Å². The number of nitro benzene ring substituents is 1. The maximum absolute atomic E-state index is 10.9. The van der Waals surface area contributed by atoms with Gasteiger partial charge in [0.15, 0.2) is 5.52 Å². The first kappa shape index (κ1) is 12.0. The zero-order valence-electron chi connectivity index (χ0n) is 10.6. The Labute approximate surface area is 110 Å². The van der Waals surface area contributed by atoms with Gasteiger partial charge in [0.05, 0.1) is 10.4 Å². The fourth-order valence-corrected chi connectivity index (χ4v) is 2.67. The average molecular weight is 260 g/mol. The van der Waals surface area contributed by atoms with Crippen molar-refractivity contribution in [3.8, 4) is 0 Å². The number of non-ortho nitro benzene ring substituents is 1. The van der Waals surface area contributed by atoms with Crippen molar-refractivity contribution >= 4 is 22.7 Å². The van der Waals surface area contributed by atoms with Crippen molar-refractivity contribution in [2.45, 2.75) is 38.1 Å². The van der Waals surface area contributed by atoms with Crippen molar-refractivity contribution in [2.24, 2.45) is 0 Å². The largest absolute Gasteiger partial charge is 0.353 e. The predicted molar refractivity (Wildman–Crippen MR) is 73.2 cm³/mol. The van der Waals surface area contributed by atoms with E-state index >= 15 is 0 Å². The van der Waals surface area contributed by atoms with Crippen LogP contribution in [0, 0.1) is 10.1 Å². The first-order valence-electron chi connectivity index (χ1n) is 6.64. The maximum Gasteiger partial charge on any atom is 0.297 e. The van der Waals surface area contributed by atoms with E-state index in [1.54, 1.807) is 12.1 Å². The third-order valence-electron chi connectivity index (χ3n) is 3.63. The second kappa shape index (κ2) is 4.87. The van der Waals surface area contributed by atoms with Crippen molar-refractivity contribution in [1.29, 1.82) is 0 Å². The van der Waals surface area contributed by atoms with Crippen molar-refractivity contribution in [1.82, 2.24) is 9.97 Å². The second-order valence-electron chi connectivity index (χ2n) is 5.00. The first-order chi connectivity index (χ1) is 9.24. The number of nitrogens with one attached hydrogen (secondary N) is 2. The third kappa shape index (κ3) is 2.38. The van der Waals surface area contributed by atoms with Crippen LogP contribution in [-0.2, 0) is 0 Å². The molecule has 1 heterocycles. The van der Waals surface area contributed by atoms with Gasteiger partial charge < -0.3 is 10.3 Å². The van der Waals surface area contributed by atoms with Gasteiger partial charge in [0, 0.05) is 12.1 Å². The van der Waals surface area contributed by atoms with Gasteiger partial charge in [0.2, 0.25) is 5.95 Å². The lowest BCUT2D eigenvalue weighted by Gasteiger charge is -2.22. The Morgan fingerprint density at radius 3 is 2.84 bits per heavy atom. The first-order valence-corrected chi connectivity index (χ1v) is 6.64. The van der Waals surface area contributed by atoms with E-state index in [0.29, 0.717) is 23.0 Å². The highest BCUT2D eigenvalue weighted by molar-refractivity contribution is 5.86. The van der Waals surface area contributed by atoms with Crippen LogP contribution in [0.3, 0.4) is 0 Å². The summed E-state index contributed by atoms with van der Waals surface area (Å²) in [5.41, 5.74) is 1.17. The number of fused-ring (bicyclic) bond motifs is 1. The number of rotatable bonds is 3. The van der Waals surface area contributed by atoms with Crippen LogP contribution in [0.4, 0.5) is 11.6 Å². The molecule has 0 aliphatic heterocycles. The number of H-pyrrole nitrogens is 1. The Kier molecular flexibility index (Phi) is 3.06. The number of nitrogens with zero attached hydrogens (tertiary/aromatic N) is 2. The van der Waals surface area contributed by atoms with Crippen LogP contribution in [0.15, 0.2) is 18.2 Å². The highest BCUT2D eigenvalue weighted by Gasteiger charge is 2.18. The highest BCUT2D eigenvalue weighted by Crippen LogP contribution is 2.26. The quantitative estimate of drug-likeness (QED) is 0.655. The van der Waals surface area contributed by atoms with Crippen LogP contribution in [-0.4, -0.2) is 20.9 Å². The molecule has 2 N–H and O–H groups in total. The third-order valence-corrected chi connectivity index (χ3v) is 3.63. The maximum atomic E-state index is 10.9. The Bertz CT molecular complexity index is 602. The Morgan fingerprint density at radius 1 is 1.32 bits per heavy atom. The number of nitro groups is 1. The summed E-state index contributed by atoms with van der Waals surface area (Å²) < 4.78 is 0. The number of anilines is 1. The average Bonchev–Trinajstić information content (AvgIpc) is 2.81. The lowest BCUT2D eigenvalue weighted by atomic mass is 9.96. The summed E-state index contributed by atoms with van der Waals surface area (Å²) in [5.74, 6) is 0.635. The molecule has 0 spiro atoms. The monoisotopic (exact) mass is 260 g/mol. The molecular weight excluding hydrogens is 244 g/mol. The standard InChI is InChI=1S/C13H16N4O2/c18-17(19)11-8-4-7-10-12(11)16-13(15-10)14-9-5-2-1-3-6-9/h4,7-9H,1-3,5-6H2,(H2,14,15,16). The van der Waals surface area contributed by atoms with E-state index in [1.165, 1.54) is 25.3 Å². The minimum absolute atomic E-state index is 0.0467. The molecule has 0 amide bonds. The molecule has 6 nitrogen and oxygen atoms in total. The van der Waals surface area contributed by atoms with Gasteiger partial charge in [0.1, 0.15) is 0 Å². The van der Waals surface area contributed by atoms with Crippen LogP contribution < -0.4 is 5.32 Å². The van der Waals surface area contributed by atoms with E-state index in [9.17, 15) is 10.1 Å². The van der Waals surface area contributed by atoms with E-state index < -0.39 is 4.92 Å². The van der Waals surface area contributed by atoms with Gasteiger partial charge in [-0.25, -0.2) is 4.98 Å². The number of aromatic nitrogens is 2. The van der Waals surface area contributed by atoms with Gasteiger partial charge in [-0.15, -0.1) is 0 Å². The van der Waals surface area contributed by atoms with Gasteiger partial charge in [-0.2, -0.15) is 0 Å². The van der Waals surface area contributed by atoms with Crippen molar-refractivity contribution in [3.63, 3.8) is 0 Å². The molecule has 0 radical (unpaired) electrons. The minimum atomic E-state index is -0.395. The Hall–Kier alpha value is -2.11. The molecule has 1 aromatic carbocycles. The molecule has 1 aliphatic carbocycles. The number of para-hydroxylation sites is 1. The molecule has 0 bridgehead atoms. The molecule has 0 unspecified atom stereocenters. The summed E-state index contributed by atoms with van der Waals surface area (Å²) in [7, 11) is 0. The van der Waals surface area contributed by atoms with Gasteiger partial charge in [-0.1, -0.05) is 25.3 Å². The van der Waals surface area contributed by atoms with Crippen LogP contribution in [0.2, 0.25) is 0 Å². The number of benzene rings is 1. The molecule has 1 aromatic heterocycles. The molecule has 1 saturated carbocycles. The normalized spacial score (nSPS) is 16.6. The zero-order valence-corrected chi connectivity index (χ0v) is 10.6. The van der Waals surface area contributed by atoms with Crippen LogP contribution in [0.5, 0.6) is 0 Å². The smallest absolute Gasteiger partial charge is 0.297 e. The van der Waals surface area contributed by atoms with Crippen LogP contribution in [0.25, 0.3) is 11.0 Å². The second-order valence-corrected chi connectivity index (χ2v) is 5.00. The molecular formula is C13H16N4O2. The summed E-state index contributed by atoms with van der Waals surface area (Å²) in [6, 6.07) is 5.38. The van der Waals surface area contributed by atoms with E-state index in [1.807, 2.05) is 0 Å². The minimum Gasteiger partial charge on any atom is -0.353 e. The van der Waals surface area contributed by atoms with Crippen molar-refractivity contribution < 1.29 is 4.92 Å². The van der Waals surface area contributed by atoms with E-state index in [-0.39, 0.29) is 5.69 Å². The lowest BCUT2D eigenvalue weighted by molar-refractivity contribution is -0.383. The van der Waals surface area contributed by atoms with Crippen molar-refractivity contribution in [3.05, 3.63) is 28.3 Å². The summed E-state index contributed by atoms with van der Waals surface area (Å²) in [4.78, 5) is 18.0. The van der Waals surface area contributed by atoms with Crippen LogP contribution in [0.1, 0.15) is 32.1 Å². The topological polar surface area (TPSA) is 83.8 Å². The van der Waals surface area contributed by atoms with Crippen LogP contribution >= 0.6 is 0 Å². The molecule has 1 aliphatic rings. The molecule has 0 saturated heterocycles. The van der Waals surface area contributed by atoms with Gasteiger partial charge in [-0.05, 0) is 18.9 Å².